The van der Waals surface area contributed by atoms with Gasteiger partial charge in [0.25, 0.3) is 0 Å². The van der Waals surface area contributed by atoms with Crippen LogP contribution >= 0.6 is 0 Å². The molecule has 4 aromatic rings. The lowest BCUT2D eigenvalue weighted by atomic mass is 10.0. The third-order valence-corrected chi connectivity index (χ3v) is 5.84. The van der Waals surface area contributed by atoms with Crippen LogP contribution in [0.2, 0.25) is 0 Å². The number of hydrogen-bond acceptors (Lipinski definition) is 8. The topological polar surface area (TPSA) is 146 Å². The predicted molar refractivity (Wildman–Crippen MR) is 137 cm³/mol. The van der Waals surface area contributed by atoms with Crippen LogP contribution in [-0.4, -0.2) is 45.4 Å². The molecule has 4 rings (SSSR count). The molecule has 2 atom stereocenters. The molecule has 5 N–H and O–H groups in total. The van der Waals surface area contributed by atoms with E-state index in [0.29, 0.717) is 22.4 Å². The van der Waals surface area contributed by atoms with Crippen LogP contribution in [0.3, 0.4) is 0 Å². The van der Waals surface area contributed by atoms with Gasteiger partial charge in [-0.25, -0.2) is 9.37 Å². The maximum Gasteiger partial charge on any atom is 0.429 e. The minimum atomic E-state index is -5.01. The summed E-state index contributed by atoms with van der Waals surface area (Å²) in [5.41, 5.74) is 12.5. The third kappa shape index (κ3) is 6.61. The summed E-state index contributed by atoms with van der Waals surface area (Å²) in [6.45, 7) is 0. The molecule has 13 heteroatoms. The molecular weight excluding hydrogens is 534 g/mol. The molecule has 0 radical (unpaired) electrons. The molecule has 0 bridgehead atoms. The molecule has 2 aromatic carbocycles. The maximum absolute atomic E-state index is 15.1. The fourth-order valence-corrected chi connectivity index (χ4v) is 3.84. The second-order valence-corrected chi connectivity index (χ2v) is 8.68. The zero-order valence-electron chi connectivity index (χ0n) is 20.9. The van der Waals surface area contributed by atoms with E-state index < -0.39 is 41.6 Å². The number of methoxy groups -OCH3 is 1. The fourth-order valence-electron chi connectivity index (χ4n) is 3.84. The zero-order valence-corrected chi connectivity index (χ0v) is 20.9. The van der Waals surface area contributed by atoms with Gasteiger partial charge in [0.15, 0.2) is 0 Å². The Bertz CT molecular complexity index is 1520. The molecule has 0 fully saturated rings. The lowest BCUT2D eigenvalue weighted by molar-refractivity contribution is -0.199. The van der Waals surface area contributed by atoms with Crippen molar-refractivity contribution in [1.29, 1.82) is 0 Å². The number of rotatable bonds is 9. The molecule has 208 valence electrons. The van der Waals surface area contributed by atoms with Gasteiger partial charge in [0.1, 0.15) is 17.6 Å². The minimum absolute atomic E-state index is 0.0713. The molecule has 0 saturated heterocycles. The van der Waals surface area contributed by atoms with Crippen LogP contribution in [0.25, 0.3) is 22.4 Å². The summed E-state index contributed by atoms with van der Waals surface area (Å²) >= 11 is 0. The van der Waals surface area contributed by atoms with Crippen molar-refractivity contribution in [1.82, 2.24) is 15.0 Å². The Labute approximate surface area is 225 Å². The van der Waals surface area contributed by atoms with E-state index in [4.69, 9.17) is 26.0 Å². The first kappa shape index (κ1) is 28.2. The lowest BCUT2D eigenvalue weighted by Crippen LogP contribution is -2.32. The van der Waals surface area contributed by atoms with Crippen LogP contribution in [0, 0.1) is 5.82 Å². The van der Waals surface area contributed by atoms with Crippen molar-refractivity contribution in [2.24, 2.45) is 5.73 Å². The van der Waals surface area contributed by atoms with Gasteiger partial charge >= 0.3 is 12.1 Å². The van der Waals surface area contributed by atoms with Gasteiger partial charge in [-0.1, -0.05) is 36.4 Å². The van der Waals surface area contributed by atoms with Crippen molar-refractivity contribution in [3.05, 3.63) is 83.9 Å². The number of nitrogens with two attached hydrogens (primary N) is 2. The number of ether oxygens (including phenoxy) is 2. The van der Waals surface area contributed by atoms with Crippen LogP contribution in [0.1, 0.15) is 17.2 Å². The van der Waals surface area contributed by atoms with Gasteiger partial charge in [-0.05, 0) is 29.7 Å². The SMILES string of the molecule is COc1cncc(-c2ccc(C(Oc3cc(-c4ccc(C[C@H](N)C(=O)O)cc4)nc(N)n3)C(F)(F)F)c(F)c2)c1. The van der Waals surface area contributed by atoms with Crippen molar-refractivity contribution < 1.29 is 36.9 Å². The summed E-state index contributed by atoms with van der Waals surface area (Å²) in [5.74, 6) is -2.81. The highest BCUT2D eigenvalue weighted by atomic mass is 19.4. The molecule has 2 heterocycles. The first-order chi connectivity index (χ1) is 18.9. The van der Waals surface area contributed by atoms with Crippen LogP contribution in [-0.2, 0) is 11.2 Å². The summed E-state index contributed by atoms with van der Waals surface area (Å²) in [6, 6.07) is 11.2. The number of hydrogen-bond donors (Lipinski definition) is 3. The second-order valence-electron chi connectivity index (χ2n) is 8.68. The van der Waals surface area contributed by atoms with Crippen molar-refractivity contribution in [2.45, 2.75) is 24.7 Å². The largest absolute Gasteiger partial charge is 0.495 e. The summed E-state index contributed by atoms with van der Waals surface area (Å²) in [6.07, 6.45) is -4.78. The molecule has 0 amide bonds. The number of benzene rings is 2. The molecule has 0 spiro atoms. The zero-order chi connectivity index (χ0) is 29.0. The molecule has 1 unspecified atom stereocenters. The fraction of sp³-hybridized carbons (Fsp3) is 0.185. The quantitative estimate of drug-likeness (QED) is 0.252. The number of anilines is 1. The molecular formula is C27H23F4N5O4. The summed E-state index contributed by atoms with van der Waals surface area (Å²) in [7, 11) is 1.43. The van der Waals surface area contributed by atoms with E-state index in [-0.39, 0.29) is 23.6 Å². The number of halogens is 4. The number of nitrogens with zero attached hydrogens (tertiary/aromatic N) is 3. The van der Waals surface area contributed by atoms with Gasteiger partial charge in [0.2, 0.25) is 17.9 Å². The van der Waals surface area contributed by atoms with E-state index in [1.807, 2.05) is 0 Å². The first-order valence-corrected chi connectivity index (χ1v) is 11.7. The molecule has 2 aromatic heterocycles. The van der Waals surface area contributed by atoms with E-state index >= 15 is 4.39 Å². The average Bonchev–Trinajstić information content (AvgIpc) is 2.91. The lowest BCUT2D eigenvalue weighted by Gasteiger charge is -2.22. The van der Waals surface area contributed by atoms with Crippen LogP contribution in [0.15, 0.2) is 67.0 Å². The number of alkyl halides is 3. The second kappa shape index (κ2) is 11.5. The van der Waals surface area contributed by atoms with Crippen LogP contribution in [0.4, 0.5) is 23.5 Å². The Kier molecular flexibility index (Phi) is 8.14. The van der Waals surface area contributed by atoms with E-state index in [1.165, 1.54) is 25.6 Å². The highest BCUT2D eigenvalue weighted by Gasteiger charge is 2.45. The number of aliphatic carboxylic acids is 1. The third-order valence-electron chi connectivity index (χ3n) is 5.84. The molecule has 0 aliphatic carbocycles. The van der Waals surface area contributed by atoms with E-state index in [2.05, 4.69) is 15.0 Å². The minimum Gasteiger partial charge on any atom is -0.495 e. The van der Waals surface area contributed by atoms with Gasteiger partial charge in [0, 0.05) is 29.0 Å². The van der Waals surface area contributed by atoms with Crippen LogP contribution < -0.4 is 20.9 Å². The average molecular weight is 558 g/mol. The number of carbonyl (C=O) groups is 1. The number of carboxylic acid groups (broad SMARTS) is 1. The molecule has 0 aliphatic heterocycles. The predicted octanol–water partition coefficient (Wildman–Crippen LogP) is 4.57. The highest BCUT2D eigenvalue weighted by Crippen LogP contribution is 2.39. The van der Waals surface area contributed by atoms with Gasteiger partial charge < -0.3 is 26.0 Å². The van der Waals surface area contributed by atoms with Crippen molar-refractivity contribution in [3.8, 4) is 34.0 Å². The van der Waals surface area contributed by atoms with Gasteiger partial charge in [-0.2, -0.15) is 18.2 Å². The van der Waals surface area contributed by atoms with E-state index in [0.717, 1.165) is 18.2 Å². The standard InChI is InChI=1S/C27H23F4N5O4/c1-39-18-9-17(12-34-13-18)16-6-7-19(20(28)10-16)24(27(29,30)31)40-23-11-22(35-26(33)36-23)15-4-2-14(3-5-15)8-21(32)25(37)38/h2-7,9-13,21,24H,8,32H2,1H3,(H,37,38)(H2,33,35,36)/t21-,24?/m0/s1. The summed E-state index contributed by atoms with van der Waals surface area (Å²) in [4.78, 5) is 22.7. The highest BCUT2D eigenvalue weighted by molar-refractivity contribution is 5.73. The summed E-state index contributed by atoms with van der Waals surface area (Å²) < 4.78 is 67.6. The van der Waals surface area contributed by atoms with Gasteiger partial charge in [0.05, 0.1) is 19.0 Å². The van der Waals surface area contributed by atoms with Crippen molar-refractivity contribution in [2.75, 3.05) is 12.8 Å². The van der Waals surface area contributed by atoms with E-state index in [9.17, 15) is 18.0 Å². The number of carboxylic acids is 1. The smallest absolute Gasteiger partial charge is 0.429 e. The Hall–Kier alpha value is -4.78. The molecule has 40 heavy (non-hydrogen) atoms. The Morgan fingerprint density at radius 3 is 2.33 bits per heavy atom. The number of nitrogen functional groups attached to an aromatic ring is 1. The maximum atomic E-state index is 15.1. The Morgan fingerprint density at radius 1 is 1.00 bits per heavy atom. The van der Waals surface area contributed by atoms with Crippen molar-refractivity contribution in [3.63, 3.8) is 0 Å². The Balaban J connectivity index is 1.62. The van der Waals surface area contributed by atoms with Gasteiger partial charge in [-0.3, -0.25) is 9.78 Å². The normalized spacial score (nSPS) is 12.9. The van der Waals surface area contributed by atoms with Gasteiger partial charge in [-0.15, -0.1) is 0 Å². The van der Waals surface area contributed by atoms with E-state index in [1.54, 1.807) is 30.3 Å². The number of aromatic nitrogens is 3. The number of pyridine rings is 1. The first-order valence-electron chi connectivity index (χ1n) is 11.7. The summed E-state index contributed by atoms with van der Waals surface area (Å²) in [5, 5.41) is 8.97. The molecule has 0 saturated carbocycles. The Morgan fingerprint density at radius 2 is 1.70 bits per heavy atom. The molecule has 9 nitrogen and oxygen atoms in total. The van der Waals surface area contributed by atoms with Crippen LogP contribution in [0.5, 0.6) is 11.6 Å². The monoisotopic (exact) mass is 557 g/mol. The van der Waals surface area contributed by atoms with Crippen molar-refractivity contribution >= 4 is 11.9 Å². The molecule has 0 aliphatic rings.